The Kier molecular flexibility index (Phi) is 2.01. The van der Waals surface area contributed by atoms with Crippen LogP contribution in [-0.4, -0.2) is 19.4 Å². The van der Waals surface area contributed by atoms with Crippen molar-refractivity contribution in [3.8, 4) is 17.2 Å². The van der Waals surface area contributed by atoms with Crippen LogP contribution in [0.25, 0.3) is 0 Å². The summed E-state index contributed by atoms with van der Waals surface area (Å²) in [5, 5.41) is 0. The first-order valence-electron chi connectivity index (χ1n) is 5.46. The third kappa shape index (κ3) is 1.50. The monoisotopic (exact) mass is 221 g/mol. The Bertz CT molecular complexity index is 427. The summed E-state index contributed by atoms with van der Waals surface area (Å²) in [6.07, 6.45) is 2.93. The van der Waals surface area contributed by atoms with Gasteiger partial charge in [-0.25, -0.2) is 0 Å². The summed E-state index contributed by atoms with van der Waals surface area (Å²) in [6, 6.07) is 3.79. The topological polar surface area (TPSA) is 53.7 Å². The van der Waals surface area contributed by atoms with Crippen molar-refractivity contribution >= 4 is 0 Å². The van der Waals surface area contributed by atoms with Crippen LogP contribution < -0.4 is 19.9 Å². The summed E-state index contributed by atoms with van der Waals surface area (Å²) in [4.78, 5) is 0. The van der Waals surface area contributed by atoms with Crippen LogP contribution in [-0.2, 0) is 6.42 Å². The summed E-state index contributed by atoms with van der Waals surface area (Å²) < 4.78 is 16.2. The van der Waals surface area contributed by atoms with E-state index in [0.717, 1.165) is 42.1 Å². The quantitative estimate of drug-likeness (QED) is 0.839. The van der Waals surface area contributed by atoms with Gasteiger partial charge in [-0.3, -0.25) is 0 Å². The van der Waals surface area contributed by atoms with Crippen molar-refractivity contribution in [1.29, 1.82) is 0 Å². The lowest BCUT2D eigenvalue weighted by atomic mass is 10.0. The largest absolute Gasteiger partial charge is 0.496 e. The van der Waals surface area contributed by atoms with Crippen molar-refractivity contribution in [2.45, 2.75) is 24.8 Å². The molecule has 0 atom stereocenters. The molecule has 1 aliphatic heterocycles. The fourth-order valence-electron chi connectivity index (χ4n) is 2.06. The lowest BCUT2D eigenvalue weighted by molar-refractivity contribution is 0.173. The molecule has 1 aromatic rings. The van der Waals surface area contributed by atoms with Crippen molar-refractivity contribution in [3.05, 3.63) is 17.7 Å². The third-order valence-corrected chi connectivity index (χ3v) is 3.24. The molecule has 1 fully saturated rings. The van der Waals surface area contributed by atoms with Gasteiger partial charge in [0.15, 0.2) is 11.5 Å². The zero-order valence-corrected chi connectivity index (χ0v) is 9.29. The number of hydrogen-bond donors (Lipinski definition) is 1. The Balaban J connectivity index is 2.02. The van der Waals surface area contributed by atoms with Gasteiger partial charge in [0.2, 0.25) is 6.79 Å². The maximum absolute atomic E-state index is 6.14. The number of fused-ring (bicyclic) bond motifs is 1. The predicted molar refractivity (Wildman–Crippen MR) is 59.0 cm³/mol. The average Bonchev–Trinajstić information content (AvgIpc) is 2.82. The van der Waals surface area contributed by atoms with Crippen LogP contribution in [0.3, 0.4) is 0 Å². The fourth-order valence-corrected chi connectivity index (χ4v) is 2.06. The third-order valence-electron chi connectivity index (χ3n) is 3.24. The summed E-state index contributed by atoms with van der Waals surface area (Å²) in [7, 11) is 1.66. The molecule has 1 aromatic carbocycles. The van der Waals surface area contributed by atoms with Crippen LogP contribution in [0.4, 0.5) is 0 Å². The van der Waals surface area contributed by atoms with Crippen LogP contribution in [0.5, 0.6) is 17.2 Å². The van der Waals surface area contributed by atoms with Gasteiger partial charge in [0.25, 0.3) is 0 Å². The van der Waals surface area contributed by atoms with Crippen molar-refractivity contribution < 1.29 is 14.2 Å². The lowest BCUT2D eigenvalue weighted by Crippen LogP contribution is -2.25. The van der Waals surface area contributed by atoms with Gasteiger partial charge in [0.05, 0.1) is 7.11 Å². The SMILES string of the molecule is COc1ccc2c(c1CC1(N)CC1)OCO2. The van der Waals surface area contributed by atoms with Crippen molar-refractivity contribution in [1.82, 2.24) is 0 Å². The van der Waals surface area contributed by atoms with E-state index in [1.165, 1.54) is 0 Å². The molecule has 4 heteroatoms. The molecule has 4 nitrogen and oxygen atoms in total. The first kappa shape index (κ1) is 9.78. The second kappa shape index (κ2) is 3.28. The molecular formula is C12H15NO3. The maximum atomic E-state index is 6.14. The second-order valence-corrected chi connectivity index (χ2v) is 4.52. The summed E-state index contributed by atoms with van der Waals surface area (Å²) in [5.74, 6) is 2.43. The van der Waals surface area contributed by atoms with Gasteiger partial charge in [-0.1, -0.05) is 0 Å². The molecule has 0 saturated heterocycles. The van der Waals surface area contributed by atoms with Crippen LogP contribution in [0.1, 0.15) is 18.4 Å². The van der Waals surface area contributed by atoms with Gasteiger partial charge < -0.3 is 19.9 Å². The van der Waals surface area contributed by atoms with Crippen LogP contribution >= 0.6 is 0 Å². The molecule has 0 amide bonds. The molecule has 0 aromatic heterocycles. The van der Waals surface area contributed by atoms with Gasteiger partial charge in [-0.15, -0.1) is 0 Å². The van der Waals surface area contributed by atoms with E-state index in [2.05, 4.69) is 0 Å². The first-order valence-corrected chi connectivity index (χ1v) is 5.46. The highest BCUT2D eigenvalue weighted by molar-refractivity contribution is 5.56. The molecule has 3 rings (SSSR count). The van der Waals surface area contributed by atoms with E-state index in [4.69, 9.17) is 19.9 Å². The number of methoxy groups -OCH3 is 1. The highest BCUT2D eigenvalue weighted by atomic mass is 16.7. The molecule has 0 unspecified atom stereocenters. The average molecular weight is 221 g/mol. The first-order chi connectivity index (χ1) is 7.72. The van der Waals surface area contributed by atoms with Crippen molar-refractivity contribution in [2.24, 2.45) is 5.73 Å². The number of hydrogen-bond acceptors (Lipinski definition) is 4. The summed E-state index contributed by atoms with van der Waals surface area (Å²) >= 11 is 0. The molecule has 0 bridgehead atoms. The molecule has 16 heavy (non-hydrogen) atoms. The molecule has 1 aliphatic carbocycles. The van der Waals surface area contributed by atoms with Crippen molar-refractivity contribution in [2.75, 3.05) is 13.9 Å². The molecule has 2 N–H and O–H groups in total. The number of nitrogens with two attached hydrogens (primary N) is 1. The lowest BCUT2D eigenvalue weighted by Gasteiger charge is -2.14. The van der Waals surface area contributed by atoms with Gasteiger partial charge in [0.1, 0.15) is 5.75 Å². The molecule has 0 spiro atoms. The molecular weight excluding hydrogens is 206 g/mol. The molecule has 0 radical (unpaired) electrons. The zero-order chi connectivity index (χ0) is 11.2. The Labute approximate surface area is 94.3 Å². The molecule has 86 valence electrons. The van der Waals surface area contributed by atoms with E-state index >= 15 is 0 Å². The Morgan fingerprint density at radius 3 is 2.88 bits per heavy atom. The standard InChI is InChI=1S/C12H15NO3/c1-14-9-2-3-10-11(16-7-15-10)8(9)6-12(13)4-5-12/h2-3H,4-7,13H2,1H3. The van der Waals surface area contributed by atoms with Crippen LogP contribution in [0.2, 0.25) is 0 Å². The van der Waals surface area contributed by atoms with Gasteiger partial charge >= 0.3 is 0 Å². The highest BCUT2D eigenvalue weighted by Gasteiger charge is 2.40. The number of ether oxygens (including phenoxy) is 3. The molecule has 2 aliphatic rings. The van der Waals surface area contributed by atoms with E-state index < -0.39 is 0 Å². The highest BCUT2D eigenvalue weighted by Crippen LogP contribution is 2.46. The smallest absolute Gasteiger partial charge is 0.231 e. The normalized spacial score (nSPS) is 19.6. The van der Waals surface area contributed by atoms with Crippen LogP contribution in [0.15, 0.2) is 12.1 Å². The minimum absolute atomic E-state index is 0.0612. The van der Waals surface area contributed by atoms with Crippen LogP contribution in [0, 0.1) is 0 Å². The minimum Gasteiger partial charge on any atom is -0.496 e. The Hall–Kier alpha value is -1.42. The van der Waals surface area contributed by atoms with E-state index in [0.29, 0.717) is 0 Å². The minimum atomic E-state index is -0.0612. The van der Waals surface area contributed by atoms with Gasteiger partial charge in [-0.05, 0) is 31.4 Å². The van der Waals surface area contributed by atoms with E-state index in [9.17, 15) is 0 Å². The summed E-state index contributed by atoms with van der Waals surface area (Å²) in [5.41, 5.74) is 7.12. The van der Waals surface area contributed by atoms with Gasteiger partial charge in [0, 0.05) is 11.1 Å². The number of rotatable bonds is 3. The predicted octanol–water partition coefficient (Wildman–Crippen LogP) is 1.46. The molecule has 1 saturated carbocycles. The Morgan fingerprint density at radius 2 is 2.19 bits per heavy atom. The maximum Gasteiger partial charge on any atom is 0.231 e. The van der Waals surface area contributed by atoms with Gasteiger partial charge in [-0.2, -0.15) is 0 Å². The fraction of sp³-hybridized carbons (Fsp3) is 0.500. The van der Waals surface area contributed by atoms with Crippen molar-refractivity contribution in [3.63, 3.8) is 0 Å². The second-order valence-electron chi connectivity index (χ2n) is 4.52. The zero-order valence-electron chi connectivity index (χ0n) is 9.29. The number of benzene rings is 1. The van der Waals surface area contributed by atoms with E-state index in [1.807, 2.05) is 12.1 Å². The van der Waals surface area contributed by atoms with E-state index in [-0.39, 0.29) is 12.3 Å². The summed E-state index contributed by atoms with van der Waals surface area (Å²) in [6.45, 7) is 0.285. The molecule has 1 heterocycles. The Morgan fingerprint density at radius 1 is 1.38 bits per heavy atom. The van der Waals surface area contributed by atoms with E-state index in [1.54, 1.807) is 7.11 Å².